The number of rotatable bonds is 5. The topological polar surface area (TPSA) is 35.9 Å². The van der Waals surface area contributed by atoms with Crippen LogP contribution in [-0.4, -0.2) is 35.5 Å². The number of amides is 1. The zero-order valence-corrected chi connectivity index (χ0v) is 13.9. The quantitative estimate of drug-likeness (QED) is 0.597. The van der Waals surface area contributed by atoms with Gasteiger partial charge in [-0.15, -0.1) is 0 Å². The molecule has 1 amide bonds. The molecule has 1 saturated carbocycles. The van der Waals surface area contributed by atoms with Gasteiger partial charge in [0.05, 0.1) is 6.20 Å². The second-order valence-electron chi connectivity index (χ2n) is 5.73. The summed E-state index contributed by atoms with van der Waals surface area (Å²) in [5.74, 6) is 0.0964. The van der Waals surface area contributed by atoms with Gasteiger partial charge in [-0.05, 0) is 41.1 Å². The van der Waals surface area contributed by atoms with Crippen molar-refractivity contribution in [1.29, 1.82) is 0 Å². The van der Waals surface area contributed by atoms with Crippen LogP contribution in [0.4, 0.5) is 0 Å². The normalized spacial score (nSPS) is 20.2. The Morgan fingerprint density at radius 1 is 1.32 bits per heavy atom. The fraction of sp³-hybridized carbons (Fsp3) is 0.294. The van der Waals surface area contributed by atoms with Gasteiger partial charge in [0, 0.05) is 24.4 Å². The van der Waals surface area contributed by atoms with E-state index in [1.807, 2.05) is 28.3 Å². The van der Waals surface area contributed by atoms with Crippen molar-refractivity contribution in [2.75, 3.05) is 13.1 Å². The fourth-order valence-corrected chi connectivity index (χ4v) is 3.17. The molecule has 114 valence electrons. The molecule has 0 N–H and O–H groups in total. The minimum absolute atomic E-state index is 0.0964. The highest BCUT2D eigenvalue weighted by atomic mass is 79.9. The Balaban J connectivity index is 1.72. The van der Waals surface area contributed by atoms with E-state index in [0.717, 1.165) is 24.0 Å². The summed E-state index contributed by atoms with van der Waals surface area (Å²) in [6, 6.07) is 10.5. The van der Waals surface area contributed by atoms with Crippen LogP contribution in [0.25, 0.3) is 0 Å². The van der Waals surface area contributed by atoms with Crippen LogP contribution < -0.4 is 0 Å². The highest BCUT2D eigenvalue weighted by Gasteiger charge is 2.46. The Morgan fingerprint density at radius 2 is 2.05 bits per heavy atom. The lowest BCUT2D eigenvalue weighted by Crippen LogP contribution is -2.42. The largest absolute Gasteiger partial charge is 0.330 e. The summed E-state index contributed by atoms with van der Waals surface area (Å²) >= 11 is 3.39. The van der Waals surface area contributed by atoms with Crippen LogP contribution in [0.1, 0.15) is 18.4 Å². The van der Waals surface area contributed by atoms with Gasteiger partial charge in [-0.3, -0.25) is 9.79 Å². The number of benzene rings is 1. The summed E-state index contributed by atoms with van der Waals surface area (Å²) in [6.07, 6.45) is 7.62. The Hall–Kier alpha value is -1.88. The number of carbonyl (C=O) groups excluding carboxylic acids is 1. The molecule has 0 saturated heterocycles. The Bertz CT molecular complexity index is 635. The first kappa shape index (κ1) is 15.0. The molecule has 1 aliphatic heterocycles. The van der Waals surface area contributed by atoms with Crippen molar-refractivity contribution in [1.82, 2.24) is 9.80 Å². The molecule has 0 bridgehead atoms. The van der Waals surface area contributed by atoms with Crippen molar-refractivity contribution in [3.8, 4) is 0 Å². The van der Waals surface area contributed by atoms with Crippen LogP contribution >= 0.6 is 15.9 Å². The van der Waals surface area contributed by atoms with E-state index in [-0.39, 0.29) is 11.3 Å². The maximum atomic E-state index is 12.4. The second-order valence-corrected chi connectivity index (χ2v) is 6.54. The van der Waals surface area contributed by atoms with E-state index in [0.29, 0.717) is 6.54 Å². The standard InChI is InChI=1S/C17H18BrN3O/c1-19-11-15(18)20-9-10-21(16(22)12-20)13-17(7-8-17)14-5-3-2-4-6-14/h2-6,9-11H,1,7-8,12-13H2/b15-11-. The zero-order chi connectivity index (χ0) is 15.6. The number of hydrogen-bond donors (Lipinski definition) is 0. The Morgan fingerprint density at radius 3 is 2.64 bits per heavy atom. The van der Waals surface area contributed by atoms with E-state index in [4.69, 9.17) is 0 Å². The van der Waals surface area contributed by atoms with Crippen LogP contribution in [0, 0.1) is 0 Å². The molecule has 0 unspecified atom stereocenters. The first-order valence-electron chi connectivity index (χ1n) is 7.26. The molecule has 1 aromatic rings. The molecule has 0 atom stereocenters. The fourth-order valence-electron chi connectivity index (χ4n) is 2.78. The third-order valence-corrected chi connectivity index (χ3v) is 4.90. The minimum Gasteiger partial charge on any atom is -0.330 e. The second kappa shape index (κ2) is 6.08. The molecule has 4 nitrogen and oxygen atoms in total. The van der Waals surface area contributed by atoms with Gasteiger partial charge in [0.1, 0.15) is 11.2 Å². The van der Waals surface area contributed by atoms with Crippen molar-refractivity contribution >= 4 is 28.6 Å². The van der Waals surface area contributed by atoms with E-state index >= 15 is 0 Å². The molecular weight excluding hydrogens is 342 g/mol. The van der Waals surface area contributed by atoms with Crippen molar-refractivity contribution in [3.05, 3.63) is 59.1 Å². The van der Waals surface area contributed by atoms with Gasteiger partial charge in [-0.1, -0.05) is 30.3 Å². The highest BCUT2D eigenvalue weighted by molar-refractivity contribution is 9.11. The first-order chi connectivity index (χ1) is 10.6. The molecule has 0 spiro atoms. The average Bonchev–Trinajstić information content (AvgIpc) is 3.31. The first-order valence-corrected chi connectivity index (χ1v) is 8.05. The summed E-state index contributed by atoms with van der Waals surface area (Å²) in [7, 11) is 0. The van der Waals surface area contributed by atoms with E-state index in [9.17, 15) is 4.79 Å². The molecule has 3 rings (SSSR count). The summed E-state index contributed by atoms with van der Waals surface area (Å²) in [5, 5.41) is 0. The van der Waals surface area contributed by atoms with Crippen LogP contribution in [0.15, 0.2) is 58.5 Å². The molecule has 22 heavy (non-hydrogen) atoms. The third-order valence-electron chi connectivity index (χ3n) is 4.24. The summed E-state index contributed by atoms with van der Waals surface area (Å²) in [6.45, 7) is 4.48. The molecule has 1 heterocycles. The average molecular weight is 360 g/mol. The van der Waals surface area contributed by atoms with E-state index < -0.39 is 0 Å². The number of halogens is 1. The van der Waals surface area contributed by atoms with Crippen molar-refractivity contribution in [2.45, 2.75) is 18.3 Å². The molecular formula is C17H18BrN3O. The number of aliphatic imine (C=N–C) groups is 1. The maximum Gasteiger partial charge on any atom is 0.246 e. The lowest BCUT2D eigenvalue weighted by Gasteiger charge is -2.31. The molecule has 0 aromatic heterocycles. The van der Waals surface area contributed by atoms with Gasteiger partial charge in [0.2, 0.25) is 5.91 Å². The summed E-state index contributed by atoms with van der Waals surface area (Å²) in [5.41, 5.74) is 1.47. The number of carbonyl (C=O) groups is 1. The molecule has 1 aromatic carbocycles. The number of hydrogen-bond acceptors (Lipinski definition) is 3. The lowest BCUT2D eigenvalue weighted by atomic mass is 9.95. The van der Waals surface area contributed by atoms with Gasteiger partial charge >= 0.3 is 0 Å². The van der Waals surface area contributed by atoms with Gasteiger partial charge in [0.25, 0.3) is 0 Å². The van der Waals surface area contributed by atoms with Gasteiger partial charge in [-0.25, -0.2) is 0 Å². The Labute approximate surface area is 138 Å². The van der Waals surface area contributed by atoms with Crippen molar-refractivity contribution < 1.29 is 4.79 Å². The predicted octanol–water partition coefficient (Wildman–Crippen LogP) is 3.23. The van der Waals surface area contributed by atoms with Gasteiger partial charge < -0.3 is 9.80 Å². The van der Waals surface area contributed by atoms with Crippen LogP contribution in [0.2, 0.25) is 0 Å². The van der Waals surface area contributed by atoms with Crippen LogP contribution in [-0.2, 0) is 10.2 Å². The zero-order valence-electron chi connectivity index (χ0n) is 12.3. The van der Waals surface area contributed by atoms with Crippen LogP contribution in [0.3, 0.4) is 0 Å². The maximum absolute atomic E-state index is 12.4. The number of nitrogens with zero attached hydrogens (tertiary/aromatic N) is 3. The van der Waals surface area contributed by atoms with E-state index in [2.05, 4.69) is 51.9 Å². The third kappa shape index (κ3) is 2.99. The lowest BCUT2D eigenvalue weighted by molar-refractivity contribution is -0.130. The minimum atomic E-state index is 0.0964. The Kier molecular flexibility index (Phi) is 4.16. The monoisotopic (exact) mass is 359 g/mol. The highest BCUT2D eigenvalue weighted by Crippen LogP contribution is 2.48. The van der Waals surface area contributed by atoms with Crippen molar-refractivity contribution in [3.63, 3.8) is 0 Å². The van der Waals surface area contributed by atoms with E-state index in [1.54, 1.807) is 6.20 Å². The van der Waals surface area contributed by atoms with Crippen molar-refractivity contribution in [2.24, 2.45) is 4.99 Å². The van der Waals surface area contributed by atoms with Gasteiger partial charge in [0.15, 0.2) is 0 Å². The summed E-state index contributed by atoms with van der Waals surface area (Å²) in [4.78, 5) is 19.7. The molecule has 1 fully saturated rings. The smallest absolute Gasteiger partial charge is 0.246 e. The summed E-state index contributed by atoms with van der Waals surface area (Å²) < 4.78 is 0.732. The SMILES string of the molecule is C=N/C=C(/Br)N1C=CN(CC2(c3ccccc3)CC2)C(=O)C1. The molecule has 2 aliphatic rings. The van der Waals surface area contributed by atoms with Crippen LogP contribution in [0.5, 0.6) is 0 Å². The van der Waals surface area contributed by atoms with E-state index in [1.165, 1.54) is 5.56 Å². The molecule has 1 aliphatic carbocycles. The molecule has 5 heteroatoms. The van der Waals surface area contributed by atoms with Gasteiger partial charge in [-0.2, -0.15) is 0 Å². The molecule has 0 radical (unpaired) electrons. The predicted molar refractivity (Wildman–Crippen MR) is 91.5 cm³/mol.